The van der Waals surface area contributed by atoms with Crippen molar-refractivity contribution < 1.29 is 8.95 Å². The van der Waals surface area contributed by atoms with Crippen LogP contribution in [0.5, 0.6) is 5.75 Å². The highest BCUT2D eigenvalue weighted by atomic mass is 35.5. The van der Waals surface area contributed by atoms with Crippen LogP contribution >= 0.6 is 11.6 Å². The van der Waals surface area contributed by atoms with Gasteiger partial charge < -0.3 is 10.1 Å². The normalized spacial score (nSPS) is 14.5. The summed E-state index contributed by atoms with van der Waals surface area (Å²) in [4.78, 5) is 0.762. The van der Waals surface area contributed by atoms with Crippen molar-refractivity contribution in [2.24, 2.45) is 0 Å². The number of methoxy groups -OCH3 is 1. The van der Waals surface area contributed by atoms with E-state index in [-0.39, 0.29) is 6.04 Å². The summed E-state index contributed by atoms with van der Waals surface area (Å²) in [6.45, 7) is 4.29. The molecule has 5 heteroatoms. The summed E-state index contributed by atoms with van der Waals surface area (Å²) < 4.78 is 18.5. The molecule has 3 rings (SSSR count). The number of hydrogen-bond acceptors (Lipinski definition) is 3. The molecule has 0 aromatic heterocycles. The predicted octanol–water partition coefficient (Wildman–Crippen LogP) is 9.43. The Morgan fingerprint density at radius 3 is 2.03 bits per heavy atom. The van der Waals surface area contributed by atoms with Crippen LogP contribution < -0.4 is 10.1 Å². The van der Waals surface area contributed by atoms with Crippen molar-refractivity contribution in [3.8, 4) is 5.75 Å². The van der Waals surface area contributed by atoms with Gasteiger partial charge in [0, 0.05) is 10.6 Å². The highest BCUT2D eigenvalue weighted by Gasteiger charge is 2.44. The minimum absolute atomic E-state index is 0.351. The Morgan fingerprint density at radius 1 is 0.838 bits per heavy atom. The van der Waals surface area contributed by atoms with Crippen molar-refractivity contribution in [3.63, 3.8) is 0 Å². The highest BCUT2D eigenvalue weighted by Crippen LogP contribution is 2.44. The van der Waals surface area contributed by atoms with Gasteiger partial charge in [0.25, 0.3) is 0 Å². The fraction of sp³-hybridized carbons (Fsp3) is 0.438. The summed E-state index contributed by atoms with van der Waals surface area (Å²) >= 11 is 7.57. The van der Waals surface area contributed by atoms with Crippen molar-refractivity contribution in [2.75, 3.05) is 12.4 Å². The molecule has 3 aromatic carbocycles. The second kappa shape index (κ2) is 15.2. The van der Waals surface area contributed by atoms with Gasteiger partial charge in [-0.15, -0.1) is 11.6 Å². The smallest absolute Gasteiger partial charge is 0.148 e. The maximum atomic E-state index is 14.2. The Hall–Kier alpha value is -2.30. The molecule has 0 amide bonds. The summed E-state index contributed by atoms with van der Waals surface area (Å²) in [7, 11) is 0.222. The van der Waals surface area contributed by atoms with Crippen molar-refractivity contribution >= 4 is 28.1 Å². The van der Waals surface area contributed by atoms with Gasteiger partial charge in [-0.3, -0.25) is 4.21 Å². The summed E-state index contributed by atoms with van der Waals surface area (Å²) in [5.41, 5.74) is 3.07. The number of ether oxygens (including phenoxy) is 1. The van der Waals surface area contributed by atoms with Gasteiger partial charge in [-0.2, -0.15) is 0 Å². The molecule has 3 nitrogen and oxygen atoms in total. The topological polar surface area (TPSA) is 38.3 Å². The molecule has 0 radical (unpaired) electrons. The maximum absolute atomic E-state index is 14.2. The zero-order valence-electron chi connectivity index (χ0n) is 22.5. The number of alkyl halides is 1. The largest absolute Gasteiger partial charge is 0.497 e. The molecule has 0 bridgehead atoms. The SMILES string of the molecule is CCCCCCCCCC[C@@](Cl)([C@H](Nc1ccc(OC)cc1)c1ccccc1)S(=O)c1ccc(C)cc1. The fourth-order valence-corrected chi connectivity index (χ4v) is 6.74. The van der Waals surface area contributed by atoms with Crippen LogP contribution in [0, 0.1) is 6.92 Å². The lowest BCUT2D eigenvalue weighted by atomic mass is 9.97. The number of benzene rings is 3. The molecule has 3 aromatic rings. The standard InChI is InChI=1S/C32H42ClNO2S/c1-4-5-6-7-8-9-10-14-25-32(33,37(35)30-23-17-26(2)18-24-30)31(27-15-12-11-13-16-27)34-28-19-21-29(36-3)22-20-28/h11-13,15-24,31,34H,4-10,14,25H2,1-3H3/t31-,32+,37?/m1/s1. The van der Waals surface area contributed by atoms with Crippen LogP contribution in [-0.4, -0.2) is 15.5 Å². The van der Waals surface area contributed by atoms with Gasteiger partial charge in [-0.1, -0.05) is 106 Å². The molecular formula is C32H42ClNO2S. The second-order valence-electron chi connectivity index (χ2n) is 9.81. The molecular weight excluding hydrogens is 498 g/mol. The Balaban J connectivity index is 1.88. The Kier molecular flexibility index (Phi) is 12.0. The molecule has 0 aliphatic carbocycles. The Morgan fingerprint density at radius 2 is 1.43 bits per heavy atom. The third kappa shape index (κ3) is 8.61. The molecule has 0 spiro atoms. The first-order chi connectivity index (χ1) is 18.0. The van der Waals surface area contributed by atoms with Gasteiger partial charge in [-0.25, -0.2) is 0 Å². The summed E-state index contributed by atoms with van der Waals surface area (Å²) in [6, 6.07) is 25.6. The van der Waals surface area contributed by atoms with E-state index in [0.717, 1.165) is 40.3 Å². The lowest BCUT2D eigenvalue weighted by Crippen LogP contribution is -2.39. The molecule has 0 fully saturated rings. The van der Waals surface area contributed by atoms with E-state index in [9.17, 15) is 4.21 Å². The molecule has 3 atom stereocenters. The minimum Gasteiger partial charge on any atom is -0.497 e. The van der Waals surface area contributed by atoms with Gasteiger partial charge in [0.15, 0.2) is 0 Å². The molecule has 1 N–H and O–H groups in total. The van der Waals surface area contributed by atoms with Crippen LogP contribution in [0.2, 0.25) is 0 Å². The molecule has 1 unspecified atom stereocenters. The van der Waals surface area contributed by atoms with Crippen LogP contribution in [0.3, 0.4) is 0 Å². The van der Waals surface area contributed by atoms with E-state index < -0.39 is 15.0 Å². The van der Waals surface area contributed by atoms with Crippen LogP contribution in [0.15, 0.2) is 83.8 Å². The molecule has 200 valence electrons. The Bertz CT molecular complexity index is 1070. The first-order valence-electron chi connectivity index (χ1n) is 13.6. The molecule has 0 aliphatic heterocycles. The van der Waals surface area contributed by atoms with Crippen LogP contribution in [-0.2, 0) is 10.8 Å². The number of unbranched alkanes of at least 4 members (excludes halogenated alkanes) is 7. The van der Waals surface area contributed by atoms with Gasteiger partial charge in [0.05, 0.1) is 24.0 Å². The number of hydrogen-bond donors (Lipinski definition) is 1. The van der Waals surface area contributed by atoms with Gasteiger partial charge in [0.1, 0.15) is 9.96 Å². The lowest BCUT2D eigenvalue weighted by molar-refractivity contribution is 0.415. The van der Waals surface area contributed by atoms with E-state index in [1.54, 1.807) is 7.11 Å². The monoisotopic (exact) mass is 539 g/mol. The van der Waals surface area contributed by atoms with Crippen molar-refractivity contribution in [3.05, 3.63) is 90.0 Å². The maximum Gasteiger partial charge on any atom is 0.148 e. The first kappa shape index (κ1) is 29.3. The molecule has 0 aliphatic rings. The molecule has 0 heterocycles. The van der Waals surface area contributed by atoms with Crippen LogP contribution in [0.25, 0.3) is 0 Å². The minimum atomic E-state index is -1.44. The quantitative estimate of drug-likeness (QED) is 0.145. The fourth-order valence-electron chi connectivity index (χ4n) is 4.64. The third-order valence-corrected chi connectivity index (χ3v) is 9.46. The van der Waals surface area contributed by atoms with E-state index in [1.165, 1.54) is 38.5 Å². The molecule has 37 heavy (non-hydrogen) atoms. The number of rotatable bonds is 16. The summed E-state index contributed by atoms with van der Waals surface area (Å²) in [5.74, 6) is 0.793. The first-order valence-corrected chi connectivity index (χ1v) is 15.1. The average molecular weight is 540 g/mol. The van der Waals surface area contributed by atoms with Crippen molar-refractivity contribution in [1.29, 1.82) is 0 Å². The second-order valence-corrected chi connectivity index (χ2v) is 12.4. The molecule has 0 saturated heterocycles. The predicted molar refractivity (Wildman–Crippen MR) is 159 cm³/mol. The van der Waals surface area contributed by atoms with Crippen LogP contribution in [0.4, 0.5) is 5.69 Å². The highest BCUT2D eigenvalue weighted by molar-refractivity contribution is 7.88. The van der Waals surface area contributed by atoms with Crippen LogP contribution in [0.1, 0.15) is 81.9 Å². The summed E-state index contributed by atoms with van der Waals surface area (Å²) in [6.07, 6.45) is 10.3. The lowest BCUT2D eigenvalue weighted by Gasteiger charge is -2.36. The number of anilines is 1. The number of nitrogens with one attached hydrogen (secondary N) is 1. The van der Waals surface area contributed by atoms with E-state index in [0.29, 0.717) is 6.42 Å². The Labute approximate surface area is 231 Å². The van der Waals surface area contributed by atoms with E-state index in [2.05, 4.69) is 24.4 Å². The zero-order chi connectivity index (χ0) is 26.5. The summed E-state index contributed by atoms with van der Waals surface area (Å²) in [5, 5.41) is 3.64. The number of halogens is 1. The third-order valence-electron chi connectivity index (χ3n) is 6.88. The van der Waals surface area contributed by atoms with Crippen molar-refractivity contribution in [2.45, 2.75) is 86.8 Å². The van der Waals surface area contributed by atoms with E-state index in [4.69, 9.17) is 16.3 Å². The molecule has 0 saturated carbocycles. The zero-order valence-corrected chi connectivity index (χ0v) is 24.1. The van der Waals surface area contributed by atoms with E-state index >= 15 is 0 Å². The van der Waals surface area contributed by atoms with E-state index in [1.807, 2.05) is 73.7 Å². The average Bonchev–Trinajstić information content (AvgIpc) is 2.94. The van der Waals surface area contributed by atoms with Gasteiger partial charge >= 0.3 is 0 Å². The van der Waals surface area contributed by atoms with Gasteiger partial charge in [0.2, 0.25) is 0 Å². The van der Waals surface area contributed by atoms with Crippen molar-refractivity contribution in [1.82, 2.24) is 0 Å². The number of aryl methyl sites for hydroxylation is 1. The van der Waals surface area contributed by atoms with Gasteiger partial charge in [-0.05, 0) is 55.3 Å².